The number of aryl methyl sites for hydroxylation is 1. The van der Waals surface area contributed by atoms with Crippen LogP contribution in [0.2, 0.25) is 0 Å². The smallest absolute Gasteiger partial charge is 0.123 e. The number of hydrogen-bond donors (Lipinski definition) is 0. The van der Waals surface area contributed by atoms with Gasteiger partial charge < -0.3 is 4.57 Å². The first-order valence-electron chi connectivity index (χ1n) is 9.79. The minimum atomic E-state index is -0.349. The van der Waals surface area contributed by atoms with Crippen LogP contribution in [0.25, 0.3) is 28.5 Å². The highest BCUT2D eigenvalue weighted by Gasteiger charge is 2.11. The molecule has 1 aromatic heterocycles. The monoisotopic (exact) mass is 392 g/mol. The van der Waals surface area contributed by atoms with Gasteiger partial charge in [-0.15, -0.1) is 0 Å². The van der Waals surface area contributed by atoms with Crippen LogP contribution in [0.1, 0.15) is 22.5 Å². The van der Waals surface area contributed by atoms with Crippen molar-refractivity contribution in [1.82, 2.24) is 4.57 Å². The Kier molecular flexibility index (Phi) is 5.32. The van der Waals surface area contributed by atoms with E-state index in [0.29, 0.717) is 11.1 Å². The Bertz CT molecular complexity index is 1260. The standard InChI is InChI=1S/C27H21FN2/c1-19-15-24(16-25(18-29)23-9-6-10-26(28)17-23)20(2)30(19)27-13-11-22(12-14-27)21-7-4-3-5-8-21/h3-17H,1-2H3/b25-16+. The Morgan fingerprint density at radius 3 is 2.23 bits per heavy atom. The lowest BCUT2D eigenvalue weighted by molar-refractivity contribution is 0.627. The SMILES string of the molecule is Cc1cc(/C=C(\C#N)c2cccc(F)c2)c(C)n1-c1ccc(-c2ccccc2)cc1. The van der Waals surface area contributed by atoms with Crippen LogP contribution in [0.15, 0.2) is 84.9 Å². The summed E-state index contributed by atoms with van der Waals surface area (Å²) in [6.07, 6.45) is 1.83. The number of hydrogen-bond acceptors (Lipinski definition) is 1. The van der Waals surface area contributed by atoms with Crippen molar-refractivity contribution in [1.29, 1.82) is 5.26 Å². The molecule has 0 aliphatic carbocycles. The average Bonchev–Trinajstić information content (AvgIpc) is 3.05. The highest BCUT2D eigenvalue weighted by atomic mass is 19.1. The second kappa shape index (κ2) is 8.23. The molecule has 0 N–H and O–H groups in total. The highest BCUT2D eigenvalue weighted by molar-refractivity contribution is 5.90. The van der Waals surface area contributed by atoms with E-state index in [2.05, 4.69) is 53.1 Å². The van der Waals surface area contributed by atoms with Crippen LogP contribution in [-0.4, -0.2) is 4.57 Å². The third-order valence-electron chi connectivity index (χ3n) is 5.26. The largest absolute Gasteiger partial charge is 0.318 e. The number of nitriles is 1. The van der Waals surface area contributed by atoms with Crippen molar-refractivity contribution in [2.24, 2.45) is 0 Å². The number of allylic oxidation sites excluding steroid dienone is 1. The molecule has 0 saturated heterocycles. The second-order valence-electron chi connectivity index (χ2n) is 7.25. The van der Waals surface area contributed by atoms with Crippen molar-refractivity contribution in [3.8, 4) is 22.9 Å². The zero-order chi connectivity index (χ0) is 21.1. The second-order valence-corrected chi connectivity index (χ2v) is 7.25. The van der Waals surface area contributed by atoms with Gasteiger partial charge in [0.1, 0.15) is 5.82 Å². The van der Waals surface area contributed by atoms with Crippen LogP contribution in [0.3, 0.4) is 0 Å². The molecule has 4 rings (SSSR count). The van der Waals surface area contributed by atoms with Crippen LogP contribution >= 0.6 is 0 Å². The summed E-state index contributed by atoms with van der Waals surface area (Å²) in [4.78, 5) is 0. The van der Waals surface area contributed by atoms with E-state index < -0.39 is 0 Å². The summed E-state index contributed by atoms with van der Waals surface area (Å²) in [5.41, 5.74) is 7.48. The van der Waals surface area contributed by atoms with Crippen LogP contribution in [0, 0.1) is 31.0 Å². The van der Waals surface area contributed by atoms with E-state index in [0.717, 1.165) is 22.6 Å². The molecule has 4 aromatic rings. The molecule has 0 saturated carbocycles. The Morgan fingerprint density at radius 1 is 0.867 bits per heavy atom. The molecule has 3 aromatic carbocycles. The first-order chi connectivity index (χ1) is 14.6. The van der Waals surface area contributed by atoms with E-state index >= 15 is 0 Å². The number of nitrogens with zero attached hydrogens (tertiary/aromatic N) is 2. The fourth-order valence-electron chi connectivity index (χ4n) is 3.76. The maximum Gasteiger partial charge on any atom is 0.123 e. The topological polar surface area (TPSA) is 28.7 Å². The summed E-state index contributed by atoms with van der Waals surface area (Å²) in [5.74, 6) is -0.349. The van der Waals surface area contributed by atoms with Crippen LogP contribution in [0.4, 0.5) is 4.39 Å². The van der Waals surface area contributed by atoms with Crippen molar-refractivity contribution >= 4 is 11.6 Å². The summed E-state index contributed by atoms with van der Waals surface area (Å²) < 4.78 is 15.8. The van der Waals surface area contributed by atoms with Crippen molar-refractivity contribution in [3.05, 3.63) is 113 Å². The normalized spacial score (nSPS) is 11.3. The van der Waals surface area contributed by atoms with Crippen molar-refractivity contribution in [2.45, 2.75) is 13.8 Å². The van der Waals surface area contributed by atoms with Crippen LogP contribution in [-0.2, 0) is 0 Å². The first kappa shape index (κ1) is 19.4. The molecule has 0 amide bonds. The third-order valence-corrected chi connectivity index (χ3v) is 5.26. The van der Waals surface area contributed by atoms with Gasteiger partial charge in [0.15, 0.2) is 0 Å². The van der Waals surface area contributed by atoms with Gasteiger partial charge in [0.05, 0.1) is 11.6 Å². The fourth-order valence-corrected chi connectivity index (χ4v) is 3.76. The number of halogens is 1. The van der Waals surface area contributed by atoms with Gasteiger partial charge in [0, 0.05) is 17.1 Å². The molecule has 1 heterocycles. The molecule has 2 nitrogen and oxygen atoms in total. The minimum Gasteiger partial charge on any atom is -0.318 e. The number of rotatable bonds is 4. The molecule has 0 aliphatic rings. The van der Waals surface area contributed by atoms with Crippen molar-refractivity contribution in [3.63, 3.8) is 0 Å². The summed E-state index contributed by atoms with van der Waals surface area (Å²) >= 11 is 0. The molecule has 3 heteroatoms. The lowest BCUT2D eigenvalue weighted by Gasteiger charge is -2.11. The van der Waals surface area contributed by atoms with E-state index in [1.54, 1.807) is 12.1 Å². The molecule has 0 spiro atoms. The van der Waals surface area contributed by atoms with Gasteiger partial charge in [0.25, 0.3) is 0 Å². The molecular formula is C27H21FN2. The van der Waals surface area contributed by atoms with Crippen LogP contribution in [0.5, 0.6) is 0 Å². The summed E-state index contributed by atoms with van der Waals surface area (Å²) in [7, 11) is 0. The van der Waals surface area contributed by atoms with Gasteiger partial charge in [-0.25, -0.2) is 4.39 Å². The predicted molar refractivity (Wildman–Crippen MR) is 121 cm³/mol. The van der Waals surface area contributed by atoms with E-state index in [1.165, 1.54) is 23.3 Å². The Labute approximate surface area is 176 Å². The summed E-state index contributed by atoms with van der Waals surface area (Å²) in [6.45, 7) is 4.08. The van der Waals surface area contributed by atoms with Crippen molar-refractivity contribution in [2.75, 3.05) is 0 Å². The van der Waals surface area contributed by atoms with Gasteiger partial charge in [0.2, 0.25) is 0 Å². The zero-order valence-corrected chi connectivity index (χ0v) is 16.9. The van der Waals surface area contributed by atoms with Gasteiger partial charge in [-0.3, -0.25) is 0 Å². The lowest BCUT2D eigenvalue weighted by atomic mass is 10.0. The quantitative estimate of drug-likeness (QED) is 0.345. The highest BCUT2D eigenvalue weighted by Crippen LogP contribution is 2.27. The molecule has 0 radical (unpaired) electrons. The first-order valence-corrected chi connectivity index (χ1v) is 9.79. The number of aromatic nitrogens is 1. The summed E-state index contributed by atoms with van der Waals surface area (Å²) in [6, 6.07) is 29.1. The van der Waals surface area contributed by atoms with E-state index in [4.69, 9.17) is 0 Å². The molecule has 0 atom stereocenters. The molecular weight excluding hydrogens is 371 g/mol. The minimum absolute atomic E-state index is 0.349. The van der Waals surface area contributed by atoms with Gasteiger partial charge in [-0.1, -0.05) is 54.6 Å². The van der Waals surface area contributed by atoms with E-state index in [1.807, 2.05) is 38.1 Å². The van der Waals surface area contributed by atoms with Gasteiger partial charge >= 0.3 is 0 Å². The third kappa shape index (κ3) is 3.81. The molecule has 0 aliphatic heterocycles. The molecule has 30 heavy (non-hydrogen) atoms. The zero-order valence-electron chi connectivity index (χ0n) is 16.9. The predicted octanol–water partition coefficient (Wildman–Crippen LogP) is 6.96. The molecule has 0 bridgehead atoms. The van der Waals surface area contributed by atoms with Crippen LogP contribution < -0.4 is 0 Å². The van der Waals surface area contributed by atoms with E-state index in [9.17, 15) is 9.65 Å². The van der Waals surface area contributed by atoms with Gasteiger partial charge in [-0.05, 0) is 72.5 Å². The summed E-state index contributed by atoms with van der Waals surface area (Å²) in [5, 5.41) is 9.61. The Morgan fingerprint density at radius 2 is 1.57 bits per heavy atom. The Hall–Kier alpha value is -3.90. The number of benzene rings is 3. The van der Waals surface area contributed by atoms with E-state index in [-0.39, 0.29) is 5.82 Å². The molecule has 146 valence electrons. The van der Waals surface area contributed by atoms with Gasteiger partial charge in [-0.2, -0.15) is 5.26 Å². The van der Waals surface area contributed by atoms with Crippen molar-refractivity contribution < 1.29 is 4.39 Å². The average molecular weight is 392 g/mol. The molecule has 0 unspecified atom stereocenters. The maximum atomic E-state index is 13.6. The Balaban J connectivity index is 1.71. The fraction of sp³-hybridized carbons (Fsp3) is 0.0741. The maximum absolute atomic E-state index is 13.6. The molecule has 0 fully saturated rings. The lowest BCUT2D eigenvalue weighted by Crippen LogP contribution is -1.99.